The first-order valence-corrected chi connectivity index (χ1v) is 13.8. The van der Waals surface area contributed by atoms with Gasteiger partial charge < -0.3 is 14.8 Å². The number of pyridine rings is 1. The number of aliphatic hydroxyl groups excluding tert-OH is 1. The number of fused-ring (bicyclic) bond motifs is 3. The number of H-pyrrole nitrogens is 1. The number of sulfone groups is 1. The average Bonchev–Trinajstić information content (AvgIpc) is 3.24. The number of benzene rings is 2. The minimum atomic E-state index is -3.34. The molecule has 35 heavy (non-hydrogen) atoms. The van der Waals surface area contributed by atoms with Crippen LogP contribution in [0, 0.1) is 0 Å². The second-order valence-corrected chi connectivity index (χ2v) is 11.6. The molecule has 1 aliphatic heterocycles. The van der Waals surface area contributed by atoms with Crippen molar-refractivity contribution in [3.63, 3.8) is 0 Å². The van der Waals surface area contributed by atoms with Crippen LogP contribution in [0.15, 0.2) is 53.6 Å². The molecule has 0 aliphatic carbocycles. The first kappa shape index (κ1) is 24.1. The van der Waals surface area contributed by atoms with E-state index < -0.39 is 9.84 Å². The van der Waals surface area contributed by atoms with E-state index in [2.05, 4.69) is 14.9 Å². The maximum absolute atomic E-state index is 12.5. The fourth-order valence-corrected chi connectivity index (χ4v) is 5.73. The van der Waals surface area contributed by atoms with Crippen molar-refractivity contribution in [2.75, 3.05) is 32.0 Å². The number of nitrogens with one attached hydrogen (secondary N) is 1. The van der Waals surface area contributed by atoms with Gasteiger partial charge in [-0.2, -0.15) is 0 Å². The van der Waals surface area contributed by atoms with Crippen LogP contribution in [0.5, 0.6) is 5.75 Å². The maximum Gasteiger partial charge on any atom is 0.178 e. The third kappa shape index (κ3) is 4.89. The van der Waals surface area contributed by atoms with E-state index in [1.54, 1.807) is 31.3 Å². The quantitative estimate of drug-likeness (QED) is 0.373. The zero-order valence-electron chi connectivity index (χ0n) is 19.5. The molecule has 0 unspecified atom stereocenters. The largest absolute Gasteiger partial charge is 0.490 e. The molecule has 4 aromatic rings. The molecule has 1 saturated heterocycles. The first-order valence-electron chi connectivity index (χ1n) is 11.8. The van der Waals surface area contributed by atoms with Gasteiger partial charge in [0.05, 0.1) is 27.3 Å². The minimum absolute atomic E-state index is 0.0429. The van der Waals surface area contributed by atoms with Crippen molar-refractivity contribution >= 4 is 43.4 Å². The molecule has 2 aromatic heterocycles. The molecule has 0 amide bonds. The van der Waals surface area contributed by atoms with Crippen LogP contribution in [0.1, 0.15) is 19.8 Å². The number of likely N-dealkylation sites (tertiary alicyclic amines) is 1. The van der Waals surface area contributed by atoms with E-state index in [1.165, 1.54) is 0 Å². The molecule has 184 valence electrons. The fourth-order valence-electron chi connectivity index (χ4n) is 4.65. The molecular formula is C26H28ClN3O4S. The lowest BCUT2D eigenvalue weighted by molar-refractivity contribution is 0.0756. The average molecular weight is 514 g/mol. The SMILES string of the molecule is CCS(=O)(=O)c1cccc(-c2ccc(OCCN3CCC(O)CC3)c3[nH]c4ncc(Cl)cc4c23)c1. The number of hydrogen-bond acceptors (Lipinski definition) is 6. The van der Waals surface area contributed by atoms with Gasteiger partial charge in [0.2, 0.25) is 0 Å². The summed E-state index contributed by atoms with van der Waals surface area (Å²) >= 11 is 6.29. The molecule has 0 spiro atoms. The van der Waals surface area contributed by atoms with Gasteiger partial charge in [0.25, 0.3) is 0 Å². The lowest BCUT2D eigenvalue weighted by atomic mass is 9.99. The highest BCUT2D eigenvalue weighted by atomic mass is 35.5. The monoisotopic (exact) mass is 513 g/mol. The van der Waals surface area contributed by atoms with E-state index in [-0.39, 0.29) is 11.9 Å². The molecule has 7 nitrogen and oxygen atoms in total. The maximum atomic E-state index is 12.5. The van der Waals surface area contributed by atoms with Crippen molar-refractivity contribution in [3.05, 3.63) is 53.7 Å². The van der Waals surface area contributed by atoms with Gasteiger partial charge in [-0.15, -0.1) is 0 Å². The summed E-state index contributed by atoms with van der Waals surface area (Å²) in [6.07, 6.45) is 2.98. The number of aliphatic hydroxyl groups is 1. The van der Waals surface area contributed by atoms with E-state index in [1.807, 2.05) is 24.3 Å². The van der Waals surface area contributed by atoms with Crippen molar-refractivity contribution < 1.29 is 18.3 Å². The van der Waals surface area contributed by atoms with E-state index in [9.17, 15) is 13.5 Å². The van der Waals surface area contributed by atoms with Crippen LogP contribution in [-0.4, -0.2) is 66.5 Å². The number of aromatic amines is 1. The Morgan fingerprint density at radius 2 is 2.00 bits per heavy atom. The van der Waals surface area contributed by atoms with Crippen LogP contribution in [-0.2, 0) is 9.84 Å². The van der Waals surface area contributed by atoms with Gasteiger partial charge in [-0.3, -0.25) is 4.90 Å². The molecule has 0 radical (unpaired) electrons. The number of nitrogens with zero attached hydrogens (tertiary/aromatic N) is 2. The van der Waals surface area contributed by atoms with E-state index >= 15 is 0 Å². The van der Waals surface area contributed by atoms with Crippen LogP contribution >= 0.6 is 11.6 Å². The summed E-state index contributed by atoms with van der Waals surface area (Å²) in [5.74, 6) is 0.744. The molecule has 9 heteroatoms. The van der Waals surface area contributed by atoms with Crippen molar-refractivity contribution in [2.24, 2.45) is 0 Å². The lowest BCUT2D eigenvalue weighted by Crippen LogP contribution is -2.38. The van der Waals surface area contributed by atoms with Gasteiger partial charge in [0.15, 0.2) is 9.84 Å². The highest BCUT2D eigenvalue weighted by molar-refractivity contribution is 7.91. The summed E-state index contributed by atoms with van der Waals surface area (Å²) in [4.78, 5) is 10.4. The Labute approximate surface area is 209 Å². The summed E-state index contributed by atoms with van der Waals surface area (Å²) in [5, 5.41) is 12.0. The van der Waals surface area contributed by atoms with Crippen molar-refractivity contribution in [1.29, 1.82) is 0 Å². The van der Waals surface area contributed by atoms with Crippen LogP contribution in [0.4, 0.5) is 0 Å². The predicted octanol–water partition coefficient (Wildman–Crippen LogP) is 4.67. The zero-order chi connectivity index (χ0) is 24.6. The molecule has 5 rings (SSSR count). The highest BCUT2D eigenvalue weighted by Gasteiger charge is 2.19. The van der Waals surface area contributed by atoms with Crippen molar-refractivity contribution in [3.8, 4) is 16.9 Å². The molecule has 0 saturated carbocycles. The number of halogens is 1. The van der Waals surface area contributed by atoms with Gasteiger partial charge in [-0.25, -0.2) is 13.4 Å². The van der Waals surface area contributed by atoms with Crippen LogP contribution in [0.25, 0.3) is 33.1 Å². The molecule has 1 fully saturated rings. The minimum Gasteiger partial charge on any atom is -0.490 e. The second-order valence-electron chi connectivity index (χ2n) is 8.89. The van der Waals surface area contributed by atoms with Crippen LogP contribution in [0.2, 0.25) is 5.02 Å². The van der Waals surface area contributed by atoms with E-state index in [4.69, 9.17) is 16.3 Å². The van der Waals surface area contributed by atoms with Gasteiger partial charge in [0.1, 0.15) is 18.0 Å². The summed E-state index contributed by atoms with van der Waals surface area (Å²) in [7, 11) is -3.34. The first-order chi connectivity index (χ1) is 16.9. The molecule has 2 N–H and O–H groups in total. The molecule has 1 aliphatic rings. The van der Waals surface area contributed by atoms with Gasteiger partial charge >= 0.3 is 0 Å². The van der Waals surface area contributed by atoms with Gasteiger partial charge in [-0.05, 0) is 54.3 Å². The number of hydrogen-bond donors (Lipinski definition) is 2. The van der Waals surface area contributed by atoms with Gasteiger partial charge in [0, 0.05) is 36.6 Å². The standard InChI is InChI=1S/C26H28ClN3O4S/c1-2-35(32,33)20-5-3-4-17(14-20)21-6-7-23(34-13-12-30-10-8-19(31)9-11-30)25-24(21)22-15-18(27)16-28-26(22)29-25/h3-7,14-16,19,31H,2,8-13H2,1H3,(H,28,29). The Hall–Kier alpha value is -2.65. The molecule has 0 atom stereocenters. The topological polar surface area (TPSA) is 95.5 Å². The smallest absolute Gasteiger partial charge is 0.178 e. The Balaban J connectivity index is 1.54. The van der Waals surface area contributed by atoms with E-state index in [0.717, 1.165) is 59.9 Å². The third-order valence-electron chi connectivity index (χ3n) is 6.64. The number of aromatic nitrogens is 2. The Bertz CT molecular complexity index is 1480. The summed E-state index contributed by atoms with van der Waals surface area (Å²) in [6.45, 7) is 4.66. The Morgan fingerprint density at radius 3 is 2.77 bits per heavy atom. The predicted molar refractivity (Wildman–Crippen MR) is 139 cm³/mol. The van der Waals surface area contributed by atoms with Crippen LogP contribution < -0.4 is 4.74 Å². The number of ether oxygens (including phenoxy) is 1. The summed E-state index contributed by atoms with van der Waals surface area (Å²) in [6, 6.07) is 12.8. The number of rotatable bonds is 7. The third-order valence-corrected chi connectivity index (χ3v) is 8.58. The second kappa shape index (κ2) is 9.78. The highest BCUT2D eigenvalue weighted by Crippen LogP contribution is 2.40. The summed E-state index contributed by atoms with van der Waals surface area (Å²) in [5.41, 5.74) is 3.15. The van der Waals surface area contributed by atoms with E-state index in [0.29, 0.717) is 27.9 Å². The van der Waals surface area contributed by atoms with Crippen LogP contribution in [0.3, 0.4) is 0 Å². The Kier molecular flexibility index (Phi) is 6.72. The van der Waals surface area contributed by atoms with Crippen molar-refractivity contribution in [2.45, 2.75) is 30.8 Å². The molecule has 3 heterocycles. The summed E-state index contributed by atoms with van der Waals surface area (Å²) < 4.78 is 31.2. The van der Waals surface area contributed by atoms with Gasteiger partial charge in [-0.1, -0.05) is 30.7 Å². The molecular weight excluding hydrogens is 486 g/mol. The molecule has 2 aromatic carbocycles. The zero-order valence-corrected chi connectivity index (χ0v) is 21.1. The normalized spacial score (nSPS) is 15.7. The lowest BCUT2D eigenvalue weighted by Gasteiger charge is -2.29. The Morgan fingerprint density at radius 1 is 1.20 bits per heavy atom. The van der Waals surface area contributed by atoms with Crippen molar-refractivity contribution in [1.82, 2.24) is 14.9 Å². The number of piperidine rings is 1. The fraction of sp³-hybridized carbons (Fsp3) is 0.346. The molecule has 0 bridgehead atoms.